The van der Waals surface area contributed by atoms with Crippen LogP contribution in [-0.4, -0.2) is 43.7 Å². The first-order valence-corrected chi connectivity index (χ1v) is 8.00. The molecule has 0 aromatic heterocycles. The summed E-state index contributed by atoms with van der Waals surface area (Å²) in [5, 5.41) is 4.22. The van der Waals surface area contributed by atoms with Gasteiger partial charge in [-0.05, 0) is 50.6 Å². The molecule has 1 N–H and O–H groups in total. The molecule has 0 spiro atoms. The van der Waals surface area contributed by atoms with Gasteiger partial charge in [0.15, 0.2) is 0 Å². The van der Waals surface area contributed by atoms with E-state index < -0.39 is 0 Å². The summed E-state index contributed by atoms with van der Waals surface area (Å²) in [5.41, 5.74) is 0. The molecular formula is C16H25ClN2O. The summed E-state index contributed by atoms with van der Waals surface area (Å²) < 4.78 is 5.81. The van der Waals surface area contributed by atoms with E-state index in [1.54, 1.807) is 0 Å². The van der Waals surface area contributed by atoms with Gasteiger partial charge < -0.3 is 10.1 Å². The molecule has 1 aliphatic rings. The molecule has 1 aromatic rings. The van der Waals surface area contributed by atoms with Crippen molar-refractivity contribution in [3.05, 3.63) is 29.3 Å². The maximum absolute atomic E-state index is 5.96. The molecule has 1 saturated heterocycles. The molecule has 0 aliphatic carbocycles. The zero-order valence-electron chi connectivity index (χ0n) is 12.3. The Morgan fingerprint density at radius 1 is 1.40 bits per heavy atom. The van der Waals surface area contributed by atoms with Gasteiger partial charge in [-0.25, -0.2) is 0 Å². The summed E-state index contributed by atoms with van der Waals surface area (Å²) in [6.45, 7) is 7.35. The zero-order chi connectivity index (χ0) is 14.2. The number of benzene rings is 1. The number of hydrogen-bond donors (Lipinski definition) is 1. The Morgan fingerprint density at radius 3 is 3.00 bits per heavy atom. The molecule has 0 amide bonds. The molecule has 0 bridgehead atoms. The van der Waals surface area contributed by atoms with E-state index >= 15 is 0 Å². The predicted molar refractivity (Wildman–Crippen MR) is 84.7 cm³/mol. The fraction of sp³-hybridized carbons (Fsp3) is 0.625. The Hall–Kier alpha value is -0.770. The first-order chi connectivity index (χ1) is 9.79. The van der Waals surface area contributed by atoms with Gasteiger partial charge in [-0.1, -0.05) is 24.6 Å². The maximum Gasteiger partial charge on any atom is 0.120 e. The van der Waals surface area contributed by atoms with E-state index in [4.69, 9.17) is 16.3 Å². The van der Waals surface area contributed by atoms with Gasteiger partial charge in [-0.3, -0.25) is 4.90 Å². The molecule has 1 atom stereocenters. The maximum atomic E-state index is 5.96. The van der Waals surface area contributed by atoms with Crippen LogP contribution in [0.1, 0.15) is 26.2 Å². The summed E-state index contributed by atoms with van der Waals surface area (Å²) in [7, 11) is 0. The highest BCUT2D eigenvalue weighted by Gasteiger charge is 2.19. The molecule has 1 unspecified atom stereocenters. The van der Waals surface area contributed by atoms with Crippen LogP contribution in [0, 0.1) is 0 Å². The van der Waals surface area contributed by atoms with E-state index in [9.17, 15) is 0 Å². The van der Waals surface area contributed by atoms with E-state index in [1.807, 2.05) is 24.3 Å². The predicted octanol–water partition coefficient (Wildman–Crippen LogP) is 3.18. The number of piperidine rings is 1. The lowest BCUT2D eigenvalue weighted by Gasteiger charge is -2.34. The molecular weight excluding hydrogens is 272 g/mol. The molecule has 0 saturated carbocycles. The third-order valence-corrected chi connectivity index (χ3v) is 3.98. The van der Waals surface area contributed by atoms with Crippen LogP contribution >= 0.6 is 11.6 Å². The number of ether oxygens (including phenoxy) is 1. The standard InChI is InChI=1S/C16H25ClN2O/c1-2-9-19(15-6-4-8-18-13-15)10-11-20-16-7-3-5-14(17)12-16/h3,5,7,12,15,18H,2,4,6,8-11,13H2,1H3. The van der Waals surface area contributed by atoms with Crippen molar-refractivity contribution in [2.45, 2.75) is 32.2 Å². The lowest BCUT2D eigenvalue weighted by atomic mass is 10.1. The molecule has 3 nitrogen and oxygen atoms in total. The lowest BCUT2D eigenvalue weighted by molar-refractivity contribution is 0.138. The second-order valence-corrected chi connectivity index (χ2v) is 5.78. The number of rotatable bonds is 7. The third-order valence-electron chi connectivity index (χ3n) is 3.74. The van der Waals surface area contributed by atoms with Crippen molar-refractivity contribution in [1.29, 1.82) is 0 Å². The van der Waals surface area contributed by atoms with E-state index in [0.717, 1.165) is 43.6 Å². The quantitative estimate of drug-likeness (QED) is 0.836. The third kappa shape index (κ3) is 4.97. The summed E-state index contributed by atoms with van der Waals surface area (Å²) >= 11 is 5.96. The van der Waals surface area contributed by atoms with Gasteiger partial charge >= 0.3 is 0 Å². The summed E-state index contributed by atoms with van der Waals surface area (Å²) in [6.07, 6.45) is 3.76. The highest BCUT2D eigenvalue weighted by Crippen LogP contribution is 2.17. The number of halogens is 1. The van der Waals surface area contributed by atoms with Crippen molar-refractivity contribution in [3.63, 3.8) is 0 Å². The van der Waals surface area contributed by atoms with Crippen LogP contribution in [0.2, 0.25) is 5.02 Å². The van der Waals surface area contributed by atoms with E-state index in [-0.39, 0.29) is 0 Å². The molecule has 0 radical (unpaired) electrons. The molecule has 20 heavy (non-hydrogen) atoms. The average Bonchev–Trinajstić information content (AvgIpc) is 2.47. The van der Waals surface area contributed by atoms with Crippen LogP contribution < -0.4 is 10.1 Å². The Morgan fingerprint density at radius 2 is 2.30 bits per heavy atom. The first kappa shape index (κ1) is 15.6. The molecule has 1 heterocycles. The Bertz CT molecular complexity index is 394. The van der Waals surface area contributed by atoms with Crippen molar-refractivity contribution in [1.82, 2.24) is 10.2 Å². The van der Waals surface area contributed by atoms with Gasteiger partial charge in [-0.2, -0.15) is 0 Å². The van der Waals surface area contributed by atoms with Gasteiger partial charge in [0.25, 0.3) is 0 Å². The Kier molecular flexibility index (Phi) is 6.64. The first-order valence-electron chi connectivity index (χ1n) is 7.62. The SMILES string of the molecule is CCCN(CCOc1cccc(Cl)c1)C1CCCNC1. The fourth-order valence-electron chi connectivity index (χ4n) is 2.75. The van der Waals surface area contributed by atoms with Crippen molar-refractivity contribution >= 4 is 11.6 Å². The van der Waals surface area contributed by atoms with Crippen LogP contribution in [0.15, 0.2) is 24.3 Å². The second-order valence-electron chi connectivity index (χ2n) is 5.34. The topological polar surface area (TPSA) is 24.5 Å². The van der Waals surface area contributed by atoms with Crippen LogP contribution in [0.5, 0.6) is 5.75 Å². The van der Waals surface area contributed by atoms with E-state index in [2.05, 4.69) is 17.1 Å². The Balaban J connectivity index is 1.79. The van der Waals surface area contributed by atoms with Crippen LogP contribution in [-0.2, 0) is 0 Å². The van der Waals surface area contributed by atoms with E-state index in [0.29, 0.717) is 6.04 Å². The van der Waals surface area contributed by atoms with E-state index in [1.165, 1.54) is 19.3 Å². The van der Waals surface area contributed by atoms with Gasteiger partial charge in [0.05, 0.1) is 0 Å². The highest BCUT2D eigenvalue weighted by atomic mass is 35.5. The molecule has 1 fully saturated rings. The van der Waals surface area contributed by atoms with Crippen molar-refractivity contribution in [2.24, 2.45) is 0 Å². The molecule has 112 valence electrons. The van der Waals surface area contributed by atoms with Crippen LogP contribution in [0.25, 0.3) is 0 Å². The van der Waals surface area contributed by atoms with Crippen molar-refractivity contribution in [2.75, 3.05) is 32.8 Å². The van der Waals surface area contributed by atoms with Crippen molar-refractivity contribution in [3.8, 4) is 5.75 Å². The van der Waals surface area contributed by atoms with Gasteiger partial charge in [0.1, 0.15) is 12.4 Å². The summed E-state index contributed by atoms with van der Waals surface area (Å²) in [5.74, 6) is 0.857. The summed E-state index contributed by atoms with van der Waals surface area (Å²) in [4.78, 5) is 2.55. The Labute approximate surface area is 127 Å². The average molecular weight is 297 g/mol. The normalized spacial score (nSPS) is 19.2. The molecule has 1 aromatic carbocycles. The fourth-order valence-corrected chi connectivity index (χ4v) is 2.93. The minimum atomic E-state index is 0.659. The number of nitrogens with one attached hydrogen (secondary N) is 1. The minimum absolute atomic E-state index is 0.659. The van der Waals surface area contributed by atoms with Crippen LogP contribution in [0.3, 0.4) is 0 Å². The highest BCUT2D eigenvalue weighted by molar-refractivity contribution is 6.30. The zero-order valence-corrected chi connectivity index (χ0v) is 13.0. The summed E-state index contributed by atoms with van der Waals surface area (Å²) in [6, 6.07) is 8.27. The number of nitrogens with zero attached hydrogens (tertiary/aromatic N) is 1. The van der Waals surface area contributed by atoms with Gasteiger partial charge in [0.2, 0.25) is 0 Å². The van der Waals surface area contributed by atoms with Gasteiger partial charge in [0, 0.05) is 24.2 Å². The second kappa shape index (κ2) is 8.50. The monoisotopic (exact) mass is 296 g/mol. The minimum Gasteiger partial charge on any atom is -0.492 e. The molecule has 1 aliphatic heterocycles. The lowest BCUT2D eigenvalue weighted by Crippen LogP contribution is -2.47. The van der Waals surface area contributed by atoms with Crippen LogP contribution in [0.4, 0.5) is 0 Å². The molecule has 2 rings (SSSR count). The largest absolute Gasteiger partial charge is 0.492 e. The smallest absolute Gasteiger partial charge is 0.120 e. The van der Waals surface area contributed by atoms with Gasteiger partial charge in [-0.15, -0.1) is 0 Å². The molecule has 4 heteroatoms. The number of hydrogen-bond acceptors (Lipinski definition) is 3. The van der Waals surface area contributed by atoms with Crippen molar-refractivity contribution < 1.29 is 4.74 Å².